The third-order valence-corrected chi connectivity index (χ3v) is 3.86. The van der Waals surface area contributed by atoms with E-state index in [2.05, 4.69) is 5.43 Å². The van der Waals surface area contributed by atoms with Crippen LogP contribution in [0.5, 0.6) is 0 Å². The lowest BCUT2D eigenvalue weighted by atomic mass is 10.0. The number of aliphatic hydroxyl groups excluding tert-OH is 1. The fourth-order valence-electron chi connectivity index (χ4n) is 2.55. The standard InChI is InChI=1S/C19H24N2O2/c1-14(2)21(20-19(23)17-12-8-5-9-13-17)15(3)18(22)16-10-6-4-7-11-16/h4-15,18,22H,1-3H3,(H,20,23)/t15-,18-/m0/s1. The second kappa shape index (κ2) is 7.90. The van der Waals surface area contributed by atoms with Crippen molar-refractivity contribution in [3.05, 3.63) is 71.8 Å². The first-order valence-corrected chi connectivity index (χ1v) is 7.88. The van der Waals surface area contributed by atoms with Crippen LogP contribution in [0.15, 0.2) is 60.7 Å². The molecule has 0 saturated heterocycles. The second-order valence-electron chi connectivity index (χ2n) is 5.90. The van der Waals surface area contributed by atoms with E-state index in [-0.39, 0.29) is 18.0 Å². The summed E-state index contributed by atoms with van der Waals surface area (Å²) in [5.74, 6) is -0.175. The number of aliphatic hydroxyl groups is 1. The first-order valence-electron chi connectivity index (χ1n) is 7.88. The molecule has 0 radical (unpaired) electrons. The number of carbonyl (C=O) groups is 1. The first kappa shape index (κ1) is 17.2. The minimum Gasteiger partial charge on any atom is -0.387 e. The average molecular weight is 312 g/mol. The molecule has 23 heavy (non-hydrogen) atoms. The molecule has 0 unspecified atom stereocenters. The van der Waals surface area contributed by atoms with Crippen molar-refractivity contribution in [3.8, 4) is 0 Å². The summed E-state index contributed by atoms with van der Waals surface area (Å²) < 4.78 is 0. The molecule has 0 aliphatic heterocycles. The summed E-state index contributed by atoms with van der Waals surface area (Å²) in [5, 5.41) is 12.4. The molecule has 0 aliphatic carbocycles. The van der Waals surface area contributed by atoms with Gasteiger partial charge in [0.1, 0.15) is 0 Å². The molecule has 0 aliphatic rings. The van der Waals surface area contributed by atoms with Crippen LogP contribution in [0, 0.1) is 0 Å². The van der Waals surface area contributed by atoms with Gasteiger partial charge in [-0.3, -0.25) is 10.2 Å². The molecule has 0 aromatic heterocycles. The highest BCUT2D eigenvalue weighted by Gasteiger charge is 2.26. The third-order valence-electron chi connectivity index (χ3n) is 3.86. The smallest absolute Gasteiger partial charge is 0.265 e. The Bertz CT molecular complexity index is 614. The van der Waals surface area contributed by atoms with Crippen molar-refractivity contribution in [2.24, 2.45) is 0 Å². The molecule has 2 atom stereocenters. The van der Waals surface area contributed by atoms with Crippen LogP contribution in [0.3, 0.4) is 0 Å². The Morgan fingerprint density at radius 2 is 1.48 bits per heavy atom. The van der Waals surface area contributed by atoms with Gasteiger partial charge in [-0.2, -0.15) is 0 Å². The lowest BCUT2D eigenvalue weighted by Gasteiger charge is -2.35. The minimum atomic E-state index is -0.685. The average Bonchev–Trinajstić information content (AvgIpc) is 2.59. The van der Waals surface area contributed by atoms with Gasteiger partial charge < -0.3 is 5.11 Å². The van der Waals surface area contributed by atoms with Crippen LogP contribution in [-0.4, -0.2) is 28.1 Å². The number of nitrogens with zero attached hydrogens (tertiary/aromatic N) is 1. The van der Waals surface area contributed by atoms with E-state index in [9.17, 15) is 9.90 Å². The van der Waals surface area contributed by atoms with Crippen LogP contribution in [0.25, 0.3) is 0 Å². The fraction of sp³-hybridized carbons (Fsp3) is 0.316. The largest absolute Gasteiger partial charge is 0.387 e. The van der Waals surface area contributed by atoms with Crippen molar-refractivity contribution in [1.82, 2.24) is 10.4 Å². The van der Waals surface area contributed by atoms with Crippen molar-refractivity contribution < 1.29 is 9.90 Å². The van der Waals surface area contributed by atoms with Crippen molar-refractivity contribution in [2.45, 2.75) is 39.0 Å². The summed E-state index contributed by atoms with van der Waals surface area (Å²) in [6.45, 7) is 5.88. The van der Waals surface area contributed by atoms with E-state index in [0.717, 1.165) is 5.56 Å². The van der Waals surface area contributed by atoms with E-state index in [0.29, 0.717) is 5.56 Å². The van der Waals surface area contributed by atoms with Gasteiger partial charge in [0.15, 0.2) is 0 Å². The van der Waals surface area contributed by atoms with Gasteiger partial charge in [-0.15, -0.1) is 0 Å². The number of hydrogen-bond acceptors (Lipinski definition) is 3. The zero-order chi connectivity index (χ0) is 16.8. The van der Waals surface area contributed by atoms with Crippen LogP contribution < -0.4 is 5.43 Å². The SMILES string of the molecule is CC(C)N(NC(=O)c1ccccc1)[C@@H](C)[C@H](O)c1ccccc1. The number of hydrogen-bond donors (Lipinski definition) is 2. The highest BCUT2D eigenvalue weighted by Crippen LogP contribution is 2.21. The van der Waals surface area contributed by atoms with E-state index in [1.165, 1.54) is 0 Å². The Hall–Kier alpha value is -2.17. The maximum Gasteiger partial charge on any atom is 0.265 e. The molecule has 2 aromatic rings. The van der Waals surface area contributed by atoms with Crippen LogP contribution in [0.2, 0.25) is 0 Å². The van der Waals surface area contributed by atoms with E-state index in [4.69, 9.17) is 0 Å². The first-order chi connectivity index (χ1) is 11.0. The molecule has 0 heterocycles. The zero-order valence-corrected chi connectivity index (χ0v) is 13.8. The number of carbonyl (C=O) groups excluding carboxylic acids is 1. The molecular weight excluding hydrogens is 288 g/mol. The Morgan fingerprint density at radius 3 is 2.00 bits per heavy atom. The maximum atomic E-state index is 12.4. The van der Waals surface area contributed by atoms with Crippen molar-refractivity contribution in [3.63, 3.8) is 0 Å². The predicted molar refractivity (Wildman–Crippen MR) is 91.7 cm³/mol. The number of benzene rings is 2. The predicted octanol–water partition coefficient (Wildman–Crippen LogP) is 3.16. The van der Waals surface area contributed by atoms with Gasteiger partial charge in [-0.1, -0.05) is 48.5 Å². The quantitative estimate of drug-likeness (QED) is 0.806. The summed E-state index contributed by atoms with van der Waals surface area (Å²) in [5.41, 5.74) is 4.35. The molecule has 1 amide bonds. The molecule has 2 rings (SSSR count). The van der Waals surface area contributed by atoms with Crippen LogP contribution >= 0.6 is 0 Å². The molecule has 122 valence electrons. The lowest BCUT2D eigenvalue weighted by molar-refractivity contribution is 0.00697. The van der Waals surface area contributed by atoms with E-state index in [1.54, 1.807) is 17.1 Å². The molecule has 0 fully saturated rings. The van der Waals surface area contributed by atoms with Crippen LogP contribution in [-0.2, 0) is 0 Å². The fourth-order valence-corrected chi connectivity index (χ4v) is 2.55. The molecule has 2 aromatic carbocycles. The van der Waals surface area contributed by atoms with E-state index in [1.807, 2.05) is 69.3 Å². The van der Waals surface area contributed by atoms with Gasteiger partial charge >= 0.3 is 0 Å². The van der Waals surface area contributed by atoms with Gasteiger partial charge in [0.05, 0.1) is 12.1 Å². The highest BCUT2D eigenvalue weighted by molar-refractivity contribution is 5.93. The summed E-state index contributed by atoms with van der Waals surface area (Å²) >= 11 is 0. The monoisotopic (exact) mass is 312 g/mol. The van der Waals surface area contributed by atoms with Gasteiger partial charge in [-0.05, 0) is 38.5 Å². The highest BCUT2D eigenvalue weighted by atomic mass is 16.3. The van der Waals surface area contributed by atoms with Crippen LogP contribution in [0.4, 0.5) is 0 Å². The lowest BCUT2D eigenvalue weighted by Crippen LogP contribution is -2.53. The molecule has 2 N–H and O–H groups in total. The Balaban J connectivity index is 2.13. The Morgan fingerprint density at radius 1 is 0.957 bits per heavy atom. The number of rotatable bonds is 6. The summed E-state index contributed by atoms with van der Waals surface area (Å²) in [6, 6.07) is 18.3. The zero-order valence-electron chi connectivity index (χ0n) is 13.8. The summed E-state index contributed by atoms with van der Waals surface area (Å²) in [7, 11) is 0. The topological polar surface area (TPSA) is 52.6 Å². The number of nitrogens with one attached hydrogen (secondary N) is 1. The number of amides is 1. The van der Waals surface area contributed by atoms with E-state index >= 15 is 0 Å². The van der Waals surface area contributed by atoms with Gasteiger partial charge in [0.25, 0.3) is 5.91 Å². The molecule has 0 saturated carbocycles. The molecule has 0 spiro atoms. The van der Waals surface area contributed by atoms with Gasteiger partial charge in [-0.25, -0.2) is 5.01 Å². The van der Waals surface area contributed by atoms with Crippen molar-refractivity contribution >= 4 is 5.91 Å². The van der Waals surface area contributed by atoms with E-state index < -0.39 is 6.10 Å². The van der Waals surface area contributed by atoms with Gasteiger partial charge in [0, 0.05) is 11.6 Å². The Kier molecular flexibility index (Phi) is 5.90. The van der Waals surface area contributed by atoms with Gasteiger partial charge in [0.2, 0.25) is 0 Å². The molecular formula is C19H24N2O2. The Labute approximate surface area is 137 Å². The second-order valence-corrected chi connectivity index (χ2v) is 5.90. The van der Waals surface area contributed by atoms with Crippen molar-refractivity contribution in [1.29, 1.82) is 0 Å². The summed E-state index contributed by atoms with van der Waals surface area (Å²) in [4.78, 5) is 12.4. The molecule has 4 heteroatoms. The minimum absolute atomic E-state index is 0.0519. The normalized spacial score (nSPS) is 13.8. The molecule has 0 bridgehead atoms. The molecule has 4 nitrogen and oxygen atoms in total. The maximum absolute atomic E-state index is 12.4. The van der Waals surface area contributed by atoms with Crippen molar-refractivity contribution in [2.75, 3.05) is 0 Å². The summed E-state index contributed by atoms with van der Waals surface area (Å²) in [6.07, 6.45) is -0.685. The van der Waals surface area contributed by atoms with Crippen LogP contribution in [0.1, 0.15) is 42.8 Å². The third kappa shape index (κ3) is 4.41. The number of hydrazine groups is 1.